The van der Waals surface area contributed by atoms with Gasteiger partial charge in [-0.25, -0.2) is 9.37 Å². The van der Waals surface area contributed by atoms with Crippen LogP contribution in [0.15, 0.2) is 34.0 Å². The van der Waals surface area contributed by atoms with Crippen LogP contribution < -0.4 is 10.6 Å². The molecule has 0 saturated carbocycles. The van der Waals surface area contributed by atoms with Crippen molar-refractivity contribution in [2.24, 2.45) is 0 Å². The molecular weight excluding hydrogens is 337 g/mol. The lowest BCUT2D eigenvalue weighted by Crippen LogP contribution is -2.24. The molecule has 0 saturated heterocycles. The molecule has 0 atom stereocenters. The van der Waals surface area contributed by atoms with Gasteiger partial charge in [0.15, 0.2) is 4.34 Å². The second-order valence-corrected chi connectivity index (χ2v) is 6.66. The molecule has 0 bridgehead atoms. The zero-order chi connectivity index (χ0) is 16.7. The number of amides is 2. The smallest absolute Gasteiger partial charge is 0.234 e. The predicted molar refractivity (Wildman–Crippen MR) is 90.3 cm³/mol. The second-order valence-electron chi connectivity index (χ2n) is 4.58. The van der Waals surface area contributed by atoms with Crippen molar-refractivity contribution in [2.45, 2.75) is 17.7 Å². The van der Waals surface area contributed by atoms with Gasteiger partial charge < -0.3 is 10.6 Å². The number of nitrogens with one attached hydrogen (secondary N) is 2. The average molecular weight is 353 g/mol. The van der Waals surface area contributed by atoms with E-state index in [9.17, 15) is 14.0 Å². The zero-order valence-electron chi connectivity index (χ0n) is 12.5. The van der Waals surface area contributed by atoms with Crippen LogP contribution in [0.2, 0.25) is 0 Å². The Morgan fingerprint density at radius 1 is 1.26 bits per heavy atom. The number of benzene rings is 1. The first-order valence-corrected chi connectivity index (χ1v) is 8.82. The molecule has 1 aromatic carbocycles. The number of anilines is 1. The first-order valence-electron chi connectivity index (χ1n) is 6.96. The van der Waals surface area contributed by atoms with Gasteiger partial charge in [0.25, 0.3) is 0 Å². The number of hydrogen-bond donors (Lipinski definition) is 2. The van der Waals surface area contributed by atoms with Crippen molar-refractivity contribution in [2.75, 3.05) is 17.6 Å². The molecule has 0 aliphatic heterocycles. The number of thiazole rings is 1. The van der Waals surface area contributed by atoms with E-state index in [-0.39, 0.29) is 29.8 Å². The summed E-state index contributed by atoms with van der Waals surface area (Å²) in [6.45, 7) is 2.45. The van der Waals surface area contributed by atoms with Crippen molar-refractivity contribution in [1.82, 2.24) is 10.3 Å². The van der Waals surface area contributed by atoms with Gasteiger partial charge in [-0.15, -0.1) is 11.3 Å². The quantitative estimate of drug-likeness (QED) is 0.751. The first-order chi connectivity index (χ1) is 11.1. The van der Waals surface area contributed by atoms with Gasteiger partial charge in [0, 0.05) is 17.6 Å². The van der Waals surface area contributed by atoms with Gasteiger partial charge in [-0.05, 0) is 31.2 Å². The standard InChI is InChI=1S/C15H16FN3O2S2/c1-2-17-13(20)7-12-8-22-15(19-12)23-9-14(21)18-11-5-3-10(16)4-6-11/h3-6,8H,2,7,9H2,1H3,(H,17,20)(H,18,21). The third-order valence-electron chi connectivity index (χ3n) is 2.70. The topological polar surface area (TPSA) is 71.1 Å². The number of aromatic nitrogens is 1. The SMILES string of the molecule is CCNC(=O)Cc1csc(SCC(=O)Nc2ccc(F)cc2)n1. The van der Waals surface area contributed by atoms with Crippen LogP contribution >= 0.6 is 23.1 Å². The van der Waals surface area contributed by atoms with Gasteiger partial charge in [-0.3, -0.25) is 9.59 Å². The van der Waals surface area contributed by atoms with Crippen molar-refractivity contribution in [3.8, 4) is 0 Å². The summed E-state index contributed by atoms with van der Waals surface area (Å²) in [7, 11) is 0. The Hall–Kier alpha value is -1.93. The molecule has 122 valence electrons. The molecule has 0 fully saturated rings. The van der Waals surface area contributed by atoms with Gasteiger partial charge >= 0.3 is 0 Å². The molecule has 0 unspecified atom stereocenters. The third-order valence-corrected chi connectivity index (χ3v) is 4.77. The van der Waals surface area contributed by atoms with E-state index in [4.69, 9.17) is 0 Å². The molecule has 1 heterocycles. The molecule has 2 rings (SSSR count). The van der Waals surface area contributed by atoms with Crippen LogP contribution in [0, 0.1) is 5.82 Å². The number of hydrogen-bond acceptors (Lipinski definition) is 5. The van der Waals surface area contributed by atoms with Crippen molar-refractivity contribution >= 4 is 40.6 Å². The highest BCUT2D eigenvalue weighted by atomic mass is 32.2. The maximum Gasteiger partial charge on any atom is 0.234 e. The van der Waals surface area contributed by atoms with E-state index in [1.165, 1.54) is 47.4 Å². The van der Waals surface area contributed by atoms with E-state index in [2.05, 4.69) is 15.6 Å². The monoisotopic (exact) mass is 353 g/mol. The summed E-state index contributed by atoms with van der Waals surface area (Å²) in [5, 5.41) is 7.21. The predicted octanol–water partition coefficient (Wildman–Crippen LogP) is 2.69. The summed E-state index contributed by atoms with van der Waals surface area (Å²) in [6, 6.07) is 5.59. The third kappa shape index (κ3) is 5.99. The van der Waals surface area contributed by atoms with Gasteiger partial charge in [-0.1, -0.05) is 11.8 Å². The molecule has 5 nitrogen and oxygen atoms in total. The van der Waals surface area contributed by atoms with Gasteiger partial charge in [0.05, 0.1) is 17.9 Å². The van der Waals surface area contributed by atoms with Crippen LogP contribution in [0.5, 0.6) is 0 Å². The fourth-order valence-corrected chi connectivity index (χ4v) is 3.36. The number of carbonyl (C=O) groups is 2. The van der Waals surface area contributed by atoms with Crippen LogP contribution in [-0.4, -0.2) is 29.1 Å². The largest absolute Gasteiger partial charge is 0.356 e. The Labute approximate surface area is 141 Å². The van der Waals surface area contributed by atoms with Crippen molar-refractivity contribution in [3.63, 3.8) is 0 Å². The van der Waals surface area contributed by atoms with Crippen molar-refractivity contribution < 1.29 is 14.0 Å². The minimum atomic E-state index is -0.347. The lowest BCUT2D eigenvalue weighted by Gasteiger charge is -2.03. The van der Waals surface area contributed by atoms with Gasteiger partial charge in [0.1, 0.15) is 5.82 Å². The molecule has 2 N–H and O–H groups in total. The normalized spacial score (nSPS) is 10.3. The summed E-state index contributed by atoms with van der Waals surface area (Å²) in [5.41, 5.74) is 1.25. The Bertz CT molecular complexity index is 674. The number of likely N-dealkylation sites (N-methyl/N-ethyl adjacent to an activating group) is 1. The molecule has 2 aromatic rings. The van der Waals surface area contributed by atoms with Gasteiger partial charge in [-0.2, -0.15) is 0 Å². The Kier molecular flexibility index (Phi) is 6.54. The summed E-state index contributed by atoms with van der Waals surface area (Å²) in [6.07, 6.45) is 0.243. The Morgan fingerprint density at radius 3 is 2.70 bits per heavy atom. The van der Waals surface area contributed by atoms with Crippen LogP contribution in [-0.2, 0) is 16.0 Å². The van der Waals surface area contributed by atoms with Crippen molar-refractivity contribution in [1.29, 1.82) is 0 Å². The molecule has 2 amide bonds. The van der Waals surface area contributed by atoms with Crippen molar-refractivity contribution in [3.05, 3.63) is 41.2 Å². The Balaban J connectivity index is 1.79. The number of rotatable bonds is 7. The Morgan fingerprint density at radius 2 is 2.00 bits per heavy atom. The van der Waals surface area contributed by atoms with E-state index in [0.29, 0.717) is 17.9 Å². The van der Waals surface area contributed by atoms with E-state index in [1.807, 2.05) is 12.3 Å². The summed E-state index contributed by atoms with van der Waals surface area (Å²) < 4.78 is 13.5. The van der Waals surface area contributed by atoms with Crippen LogP contribution in [0.3, 0.4) is 0 Å². The fraction of sp³-hybridized carbons (Fsp3) is 0.267. The highest BCUT2D eigenvalue weighted by Gasteiger charge is 2.09. The number of nitrogens with zero attached hydrogens (tertiary/aromatic N) is 1. The minimum absolute atomic E-state index is 0.0663. The zero-order valence-corrected chi connectivity index (χ0v) is 14.1. The molecule has 0 aliphatic rings. The second kappa shape index (κ2) is 8.64. The highest BCUT2D eigenvalue weighted by Crippen LogP contribution is 2.23. The molecule has 23 heavy (non-hydrogen) atoms. The fourth-order valence-electron chi connectivity index (χ4n) is 1.72. The maximum absolute atomic E-state index is 12.8. The summed E-state index contributed by atoms with van der Waals surface area (Å²) >= 11 is 2.70. The van der Waals surface area contributed by atoms with E-state index in [1.54, 1.807) is 0 Å². The van der Waals surface area contributed by atoms with E-state index >= 15 is 0 Å². The van der Waals surface area contributed by atoms with Crippen LogP contribution in [0.25, 0.3) is 0 Å². The molecule has 0 spiro atoms. The van der Waals surface area contributed by atoms with Gasteiger partial charge in [0.2, 0.25) is 11.8 Å². The lowest BCUT2D eigenvalue weighted by atomic mass is 10.3. The summed E-state index contributed by atoms with van der Waals surface area (Å²) in [5.74, 6) is -0.406. The number of halogens is 1. The molecular formula is C15H16FN3O2S2. The van der Waals surface area contributed by atoms with E-state index in [0.717, 1.165) is 4.34 Å². The average Bonchev–Trinajstić information content (AvgIpc) is 2.95. The van der Waals surface area contributed by atoms with Crippen LogP contribution in [0.1, 0.15) is 12.6 Å². The molecule has 0 aliphatic carbocycles. The molecule has 0 radical (unpaired) electrons. The van der Waals surface area contributed by atoms with E-state index < -0.39 is 0 Å². The molecule has 8 heteroatoms. The van der Waals surface area contributed by atoms with Crippen LogP contribution in [0.4, 0.5) is 10.1 Å². The molecule has 1 aromatic heterocycles. The number of carbonyl (C=O) groups excluding carboxylic acids is 2. The maximum atomic E-state index is 12.8. The summed E-state index contributed by atoms with van der Waals surface area (Å²) in [4.78, 5) is 27.6. The minimum Gasteiger partial charge on any atom is -0.356 e. The lowest BCUT2D eigenvalue weighted by molar-refractivity contribution is -0.120. The first kappa shape index (κ1) is 17.4. The highest BCUT2D eigenvalue weighted by molar-refractivity contribution is 8.01. The number of thioether (sulfide) groups is 1.